The standard InChI is InChI=1S/C12H15Cl2NO2/c1-7(2)11(12(16)17)15-6-8-4-3-5-9(13)10(8)14/h3-5,7,11,15H,6H2,1-2H3,(H,16,17)/t11-/m0/s1. The minimum Gasteiger partial charge on any atom is -0.480 e. The van der Waals surface area contributed by atoms with Crippen molar-refractivity contribution >= 4 is 29.2 Å². The third-order valence-corrected chi connectivity index (χ3v) is 3.33. The molecule has 0 saturated heterocycles. The molecule has 2 N–H and O–H groups in total. The summed E-state index contributed by atoms with van der Waals surface area (Å²) in [5.74, 6) is -0.858. The Morgan fingerprint density at radius 2 is 2.06 bits per heavy atom. The van der Waals surface area contributed by atoms with E-state index in [4.69, 9.17) is 28.3 Å². The van der Waals surface area contributed by atoms with E-state index in [1.54, 1.807) is 12.1 Å². The molecule has 3 nitrogen and oxygen atoms in total. The van der Waals surface area contributed by atoms with Crippen LogP contribution in [0.25, 0.3) is 0 Å². The normalized spacial score (nSPS) is 12.8. The number of rotatable bonds is 5. The lowest BCUT2D eigenvalue weighted by Gasteiger charge is -2.18. The Balaban J connectivity index is 2.72. The number of nitrogens with one attached hydrogen (secondary N) is 1. The maximum atomic E-state index is 11.0. The molecule has 0 aliphatic rings. The maximum absolute atomic E-state index is 11.0. The van der Waals surface area contributed by atoms with Crippen molar-refractivity contribution in [2.45, 2.75) is 26.4 Å². The lowest BCUT2D eigenvalue weighted by molar-refractivity contribution is -0.140. The summed E-state index contributed by atoms with van der Waals surface area (Å²) in [5, 5.41) is 12.9. The molecule has 0 aromatic heterocycles. The minimum atomic E-state index is -0.863. The molecule has 0 bridgehead atoms. The first-order valence-electron chi connectivity index (χ1n) is 5.32. The number of benzene rings is 1. The Bertz CT molecular complexity index is 407. The van der Waals surface area contributed by atoms with Gasteiger partial charge in [0, 0.05) is 6.54 Å². The summed E-state index contributed by atoms with van der Waals surface area (Å²) in [6, 6.07) is 4.71. The Morgan fingerprint density at radius 3 is 2.59 bits per heavy atom. The molecule has 1 rings (SSSR count). The van der Waals surface area contributed by atoms with Gasteiger partial charge in [-0.3, -0.25) is 4.79 Å². The second-order valence-corrected chi connectivity index (χ2v) is 4.94. The van der Waals surface area contributed by atoms with Crippen LogP contribution in [0.1, 0.15) is 19.4 Å². The lowest BCUT2D eigenvalue weighted by Crippen LogP contribution is -2.40. The Hall–Kier alpha value is -0.770. The molecule has 0 saturated carbocycles. The summed E-state index contributed by atoms with van der Waals surface area (Å²) >= 11 is 11.9. The summed E-state index contributed by atoms with van der Waals surface area (Å²) in [6.45, 7) is 4.09. The van der Waals surface area contributed by atoms with Crippen molar-refractivity contribution in [3.8, 4) is 0 Å². The van der Waals surface area contributed by atoms with Gasteiger partial charge in [0.25, 0.3) is 0 Å². The van der Waals surface area contributed by atoms with E-state index >= 15 is 0 Å². The second-order valence-electron chi connectivity index (χ2n) is 4.15. The van der Waals surface area contributed by atoms with Gasteiger partial charge in [0.1, 0.15) is 6.04 Å². The highest BCUT2D eigenvalue weighted by Crippen LogP contribution is 2.25. The molecule has 1 atom stereocenters. The lowest BCUT2D eigenvalue weighted by atomic mass is 10.0. The predicted molar refractivity (Wildman–Crippen MR) is 69.6 cm³/mol. The van der Waals surface area contributed by atoms with Crippen LogP contribution in [-0.4, -0.2) is 17.1 Å². The van der Waals surface area contributed by atoms with E-state index in [-0.39, 0.29) is 5.92 Å². The largest absolute Gasteiger partial charge is 0.480 e. The van der Waals surface area contributed by atoms with Crippen LogP contribution in [0.4, 0.5) is 0 Å². The SMILES string of the molecule is CC(C)[C@H](NCc1cccc(Cl)c1Cl)C(=O)O. The van der Waals surface area contributed by atoms with E-state index in [0.717, 1.165) is 5.56 Å². The minimum absolute atomic E-state index is 0.00506. The predicted octanol–water partition coefficient (Wildman–Crippen LogP) is 3.19. The third-order valence-electron chi connectivity index (χ3n) is 2.48. The zero-order chi connectivity index (χ0) is 13.0. The van der Waals surface area contributed by atoms with Crippen LogP contribution < -0.4 is 5.32 Å². The van der Waals surface area contributed by atoms with Gasteiger partial charge in [-0.25, -0.2) is 0 Å². The molecule has 0 radical (unpaired) electrons. The van der Waals surface area contributed by atoms with Crippen LogP contribution in [0.3, 0.4) is 0 Å². The molecular formula is C12H15Cl2NO2. The Labute approximate surface area is 111 Å². The van der Waals surface area contributed by atoms with Gasteiger partial charge >= 0.3 is 5.97 Å². The van der Waals surface area contributed by atoms with Crippen molar-refractivity contribution in [3.63, 3.8) is 0 Å². The highest BCUT2D eigenvalue weighted by molar-refractivity contribution is 6.42. The van der Waals surface area contributed by atoms with Gasteiger partial charge < -0.3 is 10.4 Å². The van der Waals surface area contributed by atoms with Gasteiger partial charge in [-0.1, -0.05) is 49.2 Å². The number of hydrogen-bond donors (Lipinski definition) is 2. The Kier molecular flexibility index (Phi) is 5.25. The summed E-state index contributed by atoms with van der Waals surface area (Å²) in [5.41, 5.74) is 0.797. The average molecular weight is 276 g/mol. The molecule has 0 unspecified atom stereocenters. The van der Waals surface area contributed by atoms with Crippen molar-refractivity contribution in [2.24, 2.45) is 5.92 Å². The van der Waals surface area contributed by atoms with E-state index in [2.05, 4.69) is 5.32 Å². The molecular weight excluding hydrogens is 261 g/mol. The van der Waals surface area contributed by atoms with Crippen molar-refractivity contribution in [1.29, 1.82) is 0 Å². The van der Waals surface area contributed by atoms with Gasteiger partial charge in [-0.05, 0) is 17.5 Å². The zero-order valence-corrected chi connectivity index (χ0v) is 11.2. The number of carboxylic acid groups (broad SMARTS) is 1. The summed E-state index contributed by atoms with van der Waals surface area (Å²) in [4.78, 5) is 11.0. The highest BCUT2D eigenvalue weighted by Gasteiger charge is 2.20. The number of hydrogen-bond acceptors (Lipinski definition) is 2. The van der Waals surface area contributed by atoms with Gasteiger partial charge in [0.05, 0.1) is 10.0 Å². The molecule has 0 amide bonds. The highest BCUT2D eigenvalue weighted by atomic mass is 35.5. The second kappa shape index (κ2) is 6.24. The first kappa shape index (κ1) is 14.3. The van der Waals surface area contributed by atoms with E-state index in [9.17, 15) is 4.79 Å². The van der Waals surface area contributed by atoms with Gasteiger partial charge in [0.2, 0.25) is 0 Å². The number of aliphatic carboxylic acids is 1. The molecule has 17 heavy (non-hydrogen) atoms. The quantitative estimate of drug-likeness (QED) is 0.868. The van der Waals surface area contributed by atoms with Crippen LogP contribution in [0.15, 0.2) is 18.2 Å². The molecule has 0 spiro atoms. The van der Waals surface area contributed by atoms with E-state index in [1.165, 1.54) is 0 Å². The maximum Gasteiger partial charge on any atom is 0.320 e. The van der Waals surface area contributed by atoms with Crippen molar-refractivity contribution in [1.82, 2.24) is 5.32 Å². The van der Waals surface area contributed by atoms with Gasteiger partial charge in [-0.2, -0.15) is 0 Å². The van der Waals surface area contributed by atoms with Crippen LogP contribution in [0.5, 0.6) is 0 Å². The van der Waals surface area contributed by atoms with Crippen LogP contribution in [-0.2, 0) is 11.3 Å². The first-order valence-corrected chi connectivity index (χ1v) is 6.08. The van der Waals surface area contributed by atoms with E-state index in [1.807, 2.05) is 19.9 Å². The van der Waals surface area contributed by atoms with Crippen LogP contribution in [0.2, 0.25) is 10.0 Å². The van der Waals surface area contributed by atoms with Gasteiger partial charge in [0.15, 0.2) is 0 Å². The molecule has 0 aliphatic carbocycles. The average Bonchev–Trinajstić information content (AvgIpc) is 2.23. The number of halogens is 2. The van der Waals surface area contributed by atoms with Crippen molar-refractivity contribution in [3.05, 3.63) is 33.8 Å². The molecule has 5 heteroatoms. The van der Waals surface area contributed by atoms with Crippen molar-refractivity contribution in [2.75, 3.05) is 0 Å². The fourth-order valence-corrected chi connectivity index (χ4v) is 1.90. The van der Waals surface area contributed by atoms with E-state index < -0.39 is 12.0 Å². The Morgan fingerprint density at radius 1 is 1.41 bits per heavy atom. The van der Waals surface area contributed by atoms with Gasteiger partial charge in [-0.15, -0.1) is 0 Å². The first-order chi connectivity index (χ1) is 7.93. The number of carbonyl (C=O) groups is 1. The monoisotopic (exact) mass is 275 g/mol. The smallest absolute Gasteiger partial charge is 0.320 e. The van der Waals surface area contributed by atoms with Crippen molar-refractivity contribution < 1.29 is 9.90 Å². The number of carboxylic acids is 1. The molecule has 94 valence electrons. The topological polar surface area (TPSA) is 49.3 Å². The van der Waals surface area contributed by atoms with E-state index in [0.29, 0.717) is 16.6 Å². The molecule has 0 aliphatic heterocycles. The fourth-order valence-electron chi connectivity index (χ4n) is 1.51. The zero-order valence-electron chi connectivity index (χ0n) is 9.71. The third kappa shape index (κ3) is 3.87. The summed E-state index contributed by atoms with van der Waals surface area (Å²) in [7, 11) is 0. The molecule has 0 fully saturated rings. The summed E-state index contributed by atoms with van der Waals surface area (Å²) < 4.78 is 0. The summed E-state index contributed by atoms with van der Waals surface area (Å²) in [6.07, 6.45) is 0. The molecule has 0 heterocycles. The molecule has 1 aromatic rings. The van der Waals surface area contributed by atoms with Crippen LogP contribution in [0, 0.1) is 5.92 Å². The van der Waals surface area contributed by atoms with Crippen LogP contribution >= 0.6 is 23.2 Å². The molecule has 1 aromatic carbocycles. The fraction of sp³-hybridized carbons (Fsp3) is 0.417.